The van der Waals surface area contributed by atoms with E-state index >= 15 is 0 Å². The van der Waals surface area contributed by atoms with Crippen LogP contribution in [0.5, 0.6) is 11.5 Å². The summed E-state index contributed by atoms with van der Waals surface area (Å²) in [5.41, 5.74) is 0.427. The smallest absolute Gasteiger partial charge is 0.259 e. The van der Waals surface area contributed by atoms with Crippen LogP contribution in [0.3, 0.4) is 0 Å². The van der Waals surface area contributed by atoms with Gasteiger partial charge in [0.15, 0.2) is 0 Å². The van der Waals surface area contributed by atoms with Gasteiger partial charge in [0, 0.05) is 3.57 Å². The van der Waals surface area contributed by atoms with Crippen molar-refractivity contribution in [2.75, 3.05) is 5.32 Å². The first-order valence-corrected chi connectivity index (χ1v) is 6.71. The molecular formula is C13H9ClINO3. The molecule has 4 nitrogen and oxygen atoms in total. The SMILES string of the molecule is O=C(Nc1cc(I)ccc1Cl)c1cc(O)ccc1O. The van der Waals surface area contributed by atoms with Crippen LogP contribution in [0.15, 0.2) is 36.4 Å². The van der Waals surface area contributed by atoms with Crippen molar-refractivity contribution < 1.29 is 15.0 Å². The topological polar surface area (TPSA) is 69.6 Å². The molecule has 0 radical (unpaired) electrons. The molecule has 2 rings (SSSR count). The summed E-state index contributed by atoms with van der Waals surface area (Å²) in [7, 11) is 0. The van der Waals surface area contributed by atoms with Crippen molar-refractivity contribution in [1.29, 1.82) is 0 Å². The number of rotatable bonds is 2. The second-order valence-corrected chi connectivity index (χ2v) is 5.43. The molecule has 2 aromatic carbocycles. The van der Waals surface area contributed by atoms with E-state index in [0.29, 0.717) is 10.7 Å². The van der Waals surface area contributed by atoms with Gasteiger partial charge in [-0.15, -0.1) is 0 Å². The fourth-order valence-corrected chi connectivity index (χ4v) is 2.14. The zero-order valence-corrected chi connectivity index (χ0v) is 12.4. The quantitative estimate of drug-likeness (QED) is 0.543. The van der Waals surface area contributed by atoms with Gasteiger partial charge >= 0.3 is 0 Å². The Hall–Kier alpha value is -1.47. The number of phenols is 2. The van der Waals surface area contributed by atoms with Crippen LogP contribution >= 0.6 is 34.2 Å². The number of aromatic hydroxyl groups is 2. The number of benzene rings is 2. The number of hydrogen-bond donors (Lipinski definition) is 3. The summed E-state index contributed by atoms with van der Waals surface area (Å²) in [6.07, 6.45) is 0. The lowest BCUT2D eigenvalue weighted by molar-refractivity contribution is 0.102. The lowest BCUT2D eigenvalue weighted by atomic mass is 10.1. The molecular weight excluding hydrogens is 381 g/mol. The van der Waals surface area contributed by atoms with E-state index < -0.39 is 5.91 Å². The van der Waals surface area contributed by atoms with E-state index in [2.05, 4.69) is 27.9 Å². The first kappa shape index (κ1) is 14.0. The van der Waals surface area contributed by atoms with E-state index in [1.165, 1.54) is 18.2 Å². The maximum absolute atomic E-state index is 12.0. The predicted molar refractivity (Wildman–Crippen MR) is 81.9 cm³/mol. The van der Waals surface area contributed by atoms with Gasteiger partial charge in [0.25, 0.3) is 5.91 Å². The molecule has 19 heavy (non-hydrogen) atoms. The number of nitrogens with one attached hydrogen (secondary N) is 1. The Kier molecular flexibility index (Phi) is 4.16. The highest BCUT2D eigenvalue weighted by molar-refractivity contribution is 14.1. The van der Waals surface area contributed by atoms with Crippen LogP contribution in [-0.2, 0) is 0 Å². The maximum atomic E-state index is 12.0. The molecule has 0 bridgehead atoms. The number of anilines is 1. The fraction of sp³-hybridized carbons (Fsp3) is 0. The van der Waals surface area contributed by atoms with Gasteiger partial charge in [0.2, 0.25) is 0 Å². The van der Waals surface area contributed by atoms with Crippen molar-refractivity contribution in [2.45, 2.75) is 0 Å². The summed E-state index contributed by atoms with van der Waals surface area (Å²) in [4.78, 5) is 12.0. The van der Waals surface area contributed by atoms with Gasteiger partial charge < -0.3 is 15.5 Å². The molecule has 0 fully saturated rings. The molecule has 0 aliphatic heterocycles. The molecule has 2 aromatic rings. The van der Waals surface area contributed by atoms with Crippen molar-refractivity contribution in [2.24, 2.45) is 0 Å². The molecule has 6 heteroatoms. The van der Waals surface area contributed by atoms with Gasteiger partial charge in [-0.3, -0.25) is 4.79 Å². The Morgan fingerprint density at radius 1 is 1.16 bits per heavy atom. The van der Waals surface area contributed by atoms with Crippen molar-refractivity contribution in [3.05, 3.63) is 50.6 Å². The van der Waals surface area contributed by atoms with Crippen LogP contribution in [0.1, 0.15) is 10.4 Å². The lowest BCUT2D eigenvalue weighted by Crippen LogP contribution is -2.12. The summed E-state index contributed by atoms with van der Waals surface area (Å²) >= 11 is 8.07. The average Bonchev–Trinajstić information content (AvgIpc) is 2.36. The van der Waals surface area contributed by atoms with E-state index in [0.717, 1.165) is 3.57 Å². The summed E-state index contributed by atoms with van der Waals surface area (Å²) in [5.74, 6) is -0.856. The van der Waals surface area contributed by atoms with Crippen LogP contribution in [0, 0.1) is 3.57 Å². The molecule has 0 aliphatic rings. The second-order valence-electron chi connectivity index (χ2n) is 3.78. The number of hydrogen-bond acceptors (Lipinski definition) is 3. The Bertz CT molecular complexity index is 646. The van der Waals surface area contributed by atoms with Gasteiger partial charge in [-0.25, -0.2) is 0 Å². The zero-order valence-electron chi connectivity index (χ0n) is 9.52. The zero-order chi connectivity index (χ0) is 14.0. The fourth-order valence-electron chi connectivity index (χ4n) is 1.49. The number of carbonyl (C=O) groups excluding carboxylic acids is 1. The van der Waals surface area contributed by atoms with Crippen molar-refractivity contribution in [3.63, 3.8) is 0 Å². The van der Waals surface area contributed by atoms with E-state index in [9.17, 15) is 15.0 Å². The highest BCUT2D eigenvalue weighted by Gasteiger charge is 2.13. The van der Waals surface area contributed by atoms with E-state index in [1.807, 2.05) is 6.07 Å². The molecule has 98 valence electrons. The molecule has 0 atom stereocenters. The molecule has 0 saturated heterocycles. The first-order valence-electron chi connectivity index (χ1n) is 5.26. The Labute approximate surface area is 128 Å². The molecule has 3 N–H and O–H groups in total. The van der Waals surface area contributed by atoms with Gasteiger partial charge in [0.1, 0.15) is 11.5 Å². The Morgan fingerprint density at radius 3 is 2.63 bits per heavy atom. The van der Waals surface area contributed by atoms with E-state index in [-0.39, 0.29) is 17.1 Å². The summed E-state index contributed by atoms with van der Waals surface area (Å²) < 4.78 is 0.914. The van der Waals surface area contributed by atoms with Gasteiger partial charge in [0.05, 0.1) is 16.3 Å². The molecule has 0 aromatic heterocycles. The summed E-state index contributed by atoms with van der Waals surface area (Å²) in [6.45, 7) is 0. The van der Waals surface area contributed by atoms with Gasteiger partial charge in [-0.1, -0.05) is 11.6 Å². The predicted octanol–water partition coefficient (Wildman–Crippen LogP) is 3.61. The minimum atomic E-state index is -0.544. The normalized spacial score (nSPS) is 10.2. The third kappa shape index (κ3) is 3.30. The lowest BCUT2D eigenvalue weighted by Gasteiger charge is -2.09. The summed E-state index contributed by atoms with van der Waals surface area (Å²) in [6, 6.07) is 8.92. The average molecular weight is 390 g/mol. The van der Waals surface area contributed by atoms with Gasteiger partial charge in [-0.05, 0) is 59.0 Å². The minimum absolute atomic E-state index is 0.0186. The molecule has 0 spiro atoms. The van der Waals surface area contributed by atoms with Crippen LogP contribution in [-0.4, -0.2) is 16.1 Å². The monoisotopic (exact) mass is 389 g/mol. The third-order valence-corrected chi connectivity index (χ3v) is 3.40. The van der Waals surface area contributed by atoms with Gasteiger partial charge in [-0.2, -0.15) is 0 Å². The van der Waals surface area contributed by atoms with Crippen LogP contribution in [0.4, 0.5) is 5.69 Å². The molecule has 1 amide bonds. The standard InChI is InChI=1S/C13H9ClINO3/c14-10-3-1-7(15)5-11(10)16-13(19)9-6-8(17)2-4-12(9)18/h1-6,17-18H,(H,16,19). The number of amides is 1. The molecule has 0 saturated carbocycles. The molecule has 0 heterocycles. The van der Waals surface area contributed by atoms with Crippen LogP contribution in [0.25, 0.3) is 0 Å². The maximum Gasteiger partial charge on any atom is 0.259 e. The number of carbonyl (C=O) groups is 1. The van der Waals surface area contributed by atoms with E-state index in [4.69, 9.17) is 11.6 Å². The van der Waals surface area contributed by atoms with Crippen molar-refractivity contribution in [1.82, 2.24) is 0 Å². The van der Waals surface area contributed by atoms with Crippen molar-refractivity contribution >= 4 is 45.8 Å². The third-order valence-electron chi connectivity index (χ3n) is 2.40. The molecule has 0 unspecified atom stereocenters. The largest absolute Gasteiger partial charge is 0.508 e. The number of halogens is 2. The van der Waals surface area contributed by atoms with Crippen LogP contribution in [0.2, 0.25) is 5.02 Å². The highest BCUT2D eigenvalue weighted by Crippen LogP contribution is 2.27. The summed E-state index contributed by atoms with van der Waals surface area (Å²) in [5, 5.41) is 21.9. The second kappa shape index (κ2) is 5.66. The van der Waals surface area contributed by atoms with E-state index in [1.54, 1.807) is 12.1 Å². The first-order chi connectivity index (χ1) is 8.97. The Balaban J connectivity index is 2.30. The van der Waals surface area contributed by atoms with Crippen molar-refractivity contribution in [3.8, 4) is 11.5 Å². The highest BCUT2D eigenvalue weighted by atomic mass is 127. The number of phenolic OH excluding ortho intramolecular Hbond substituents is 2. The molecule has 0 aliphatic carbocycles. The van der Waals surface area contributed by atoms with Crippen LogP contribution < -0.4 is 5.32 Å². The minimum Gasteiger partial charge on any atom is -0.508 e. The Morgan fingerprint density at radius 2 is 1.89 bits per heavy atom.